The summed E-state index contributed by atoms with van der Waals surface area (Å²) in [5, 5.41) is 21.9. The molecule has 0 aliphatic carbocycles. The lowest BCUT2D eigenvalue weighted by atomic mass is 10.0. The molecule has 0 unspecified atom stereocenters. The second kappa shape index (κ2) is 13.0. The van der Waals surface area contributed by atoms with Crippen molar-refractivity contribution in [3.8, 4) is 6.07 Å². The topological polar surface area (TPSA) is 170 Å². The third kappa shape index (κ3) is 6.25. The number of carbonyl (C=O) groups is 1. The molecule has 0 atom stereocenters. The second-order valence-corrected chi connectivity index (χ2v) is 9.23. The molecule has 2 heterocycles. The summed E-state index contributed by atoms with van der Waals surface area (Å²) in [4.78, 5) is 24.4. The number of amides is 1. The van der Waals surface area contributed by atoms with Crippen LogP contribution in [0, 0.1) is 23.7 Å². The van der Waals surface area contributed by atoms with Gasteiger partial charge < -0.3 is 27.2 Å². The number of aryl methyl sites for hydroxylation is 1. The number of carbonyl (C=O) groups excluding carboxylic acids is 1. The molecular formula is C31H34N8O. The number of aromatic amines is 1. The third-order valence-corrected chi connectivity index (χ3v) is 6.31. The van der Waals surface area contributed by atoms with Gasteiger partial charge in [-0.15, -0.1) is 0 Å². The average molecular weight is 535 g/mol. The Kier molecular flexibility index (Phi) is 9.55. The number of nitrogens with one attached hydrogen (secondary N) is 3. The smallest absolute Gasteiger partial charge is 0.269 e. The van der Waals surface area contributed by atoms with Gasteiger partial charge in [0, 0.05) is 56.7 Å². The van der Waals surface area contributed by atoms with Crippen molar-refractivity contribution in [2.75, 3.05) is 11.1 Å². The van der Waals surface area contributed by atoms with Crippen LogP contribution >= 0.6 is 0 Å². The molecule has 0 radical (unpaired) electrons. The molecule has 9 nitrogen and oxygen atoms in total. The van der Waals surface area contributed by atoms with Crippen LogP contribution in [0.3, 0.4) is 0 Å². The van der Waals surface area contributed by atoms with Crippen LogP contribution in [0.2, 0.25) is 0 Å². The molecule has 0 fully saturated rings. The molecule has 40 heavy (non-hydrogen) atoms. The number of hydrogen-bond donors (Lipinski definition) is 5. The lowest BCUT2D eigenvalue weighted by molar-refractivity contribution is -0.113. The lowest BCUT2D eigenvalue weighted by Gasteiger charge is -2.14. The number of benzene rings is 2. The molecule has 4 aromatic rings. The van der Waals surface area contributed by atoms with E-state index in [9.17, 15) is 10.1 Å². The predicted octanol–water partition coefficient (Wildman–Crippen LogP) is 4.39. The number of pyridine rings is 1. The van der Waals surface area contributed by atoms with E-state index in [0.717, 1.165) is 11.8 Å². The second-order valence-electron chi connectivity index (χ2n) is 9.23. The van der Waals surface area contributed by atoms with Gasteiger partial charge in [0.2, 0.25) is 0 Å². The first-order valence-electron chi connectivity index (χ1n) is 12.9. The molecule has 2 aromatic carbocycles. The Morgan fingerprint density at radius 3 is 2.58 bits per heavy atom. The number of anilines is 3. The normalized spacial score (nSPS) is 11.7. The van der Waals surface area contributed by atoms with Crippen molar-refractivity contribution >= 4 is 58.1 Å². The summed E-state index contributed by atoms with van der Waals surface area (Å²) in [6.45, 7) is 12.2. The van der Waals surface area contributed by atoms with Gasteiger partial charge in [-0.25, -0.2) is 4.99 Å². The minimum Gasteiger partial charge on any atom is -0.398 e. The van der Waals surface area contributed by atoms with Crippen molar-refractivity contribution in [1.82, 2.24) is 9.97 Å². The van der Waals surface area contributed by atoms with E-state index in [4.69, 9.17) is 16.9 Å². The van der Waals surface area contributed by atoms with E-state index in [1.54, 1.807) is 37.5 Å². The molecule has 0 aliphatic heterocycles. The molecule has 1 amide bonds. The number of aromatic nitrogens is 2. The number of primary amides is 1. The van der Waals surface area contributed by atoms with Crippen LogP contribution in [-0.4, -0.2) is 27.8 Å². The number of rotatable bonds is 7. The van der Waals surface area contributed by atoms with Gasteiger partial charge in [0.15, 0.2) is 5.70 Å². The average Bonchev–Trinajstić information content (AvgIpc) is 3.27. The Morgan fingerprint density at radius 2 is 1.95 bits per heavy atom. The number of nitrogen functional groups attached to an aromatic ring is 1. The largest absolute Gasteiger partial charge is 0.398 e. The van der Waals surface area contributed by atoms with E-state index in [-0.39, 0.29) is 5.70 Å². The Bertz CT molecular complexity index is 1760. The number of nitriles is 1. The fraction of sp³-hybridized carbons (Fsp3) is 0.194. The lowest BCUT2D eigenvalue weighted by Crippen LogP contribution is -2.30. The van der Waals surface area contributed by atoms with Crippen molar-refractivity contribution < 1.29 is 4.79 Å². The van der Waals surface area contributed by atoms with Gasteiger partial charge in [-0.2, -0.15) is 5.26 Å². The molecule has 0 aliphatic rings. The highest BCUT2D eigenvalue weighted by Gasteiger charge is 2.15. The quantitative estimate of drug-likeness (QED) is 0.175. The first-order chi connectivity index (χ1) is 19.2. The van der Waals surface area contributed by atoms with Gasteiger partial charge in [-0.05, 0) is 43.7 Å². The summed E-state index contributed by atoms with van der Waals surface area (Å²) >= 11 is 0. The summed E-state index contributed by atoms with van der Waals surface area (Å²) in [6.07, 6.45) is 6.92. The number of H-pyrrole nitrogens is 1. The van der Waals surface area contributed by atoms with Crippen LogP contribution in [0.25, 0.3) is 23.2 Å². The summed E-state index contributed by atoms with van der Waals surface area (Å²) in [5.41, 5.74) is 17.2. The number of nitrogens with zero attached hydrogens (tertiary/aromatic N) is 3. The highest BCUT2D eigenvalue weighted by Crippen LogP contribution is 2.25. The van der Waals surface area contributed by atoms with E-state index in [0.29, 0.717) is 60.9 Å². The third-order valence-electron chi connectivity index (χ3n) is 6.31. The summed E-state index contributed by atoms with van der Waals surface area (Å²) in [6, 6.07) is 12.9. The van der Waals surface area contributed by atoms with Crippen molar-refractivity contribution in [2.24, 2.45) is 10.7 Å². The fourth-order valence-corrected chi connectivity index (χ4v) is 4.03. The fourth-order valence-electron chi connectivity index (χ4n) is 4.03. The van der Waals surface area contributed by atoms with Crippen molar-refractivity contribution in [3.63, 3.8) is 0 Å². The molecular weight excluding hydrogens is 500 g/mol. The van der Waals surface area contributed by atoms with Crippen molar-refractivity contribution in [2.45, 2.75) is 40.5 Å². The molecule has 0 saturated carbocycles. The van der Waals surface area contributed by atoms with E-state index >= 15 is 0 Å². The van der Waals surface area contributed by atoms with E-state index in [1.165, 1.54) is 12.8 Å². The van der Waals surface area contributed by atoms with Gasteiger partial charge in [-0.1, -0.05) is 45.4 Å². The molecule has 4 rings (SSSR count). The summed E-state index contributed by atoms with van der Waals surface area (Å²) in [7, 11) is 0. The number of aliphatic imine (C=N–C) groups is 1. The van der Waals surface area contributed by atoms with Gasteiger partial charge in [0.05, 0.1) is 22.8 Å². The molecule has 0 bridgehead atoms. The number of unbranched alkanes of at least 4 members (excludes halogenated alkanes) is 1. The maximum atomic E-state index is 12.5. The number of hydrogen-bond acceptors (Lipinski definition) is 7. The van der Waals surface area contributed by atoms with Gasteiger partial charge >= 0.3 is 0 Å². The predicted molar refractivity (Wildman–Crippen MR) is 164 cm³/mol. The van der Waals surface area contributed by atoms with Crippen LogP contribution in [0.4, 0.5) is 17.1 Å². The zero-order valence-corrected chi connectivity index (χ0v) is 23.2. The Morgan fingerprint density at radius 1 is 1.23 bits per heavy atom. The van der Waals surface area contributed by atoms with Crippen molar-refractivity contribution in [3.05, 3.63) is 81.6 Å². The summed E-state index contributed by atoms with van der Waals surface area (Å²) < 4.78 is 0. The van der Waals surface area contributed by atoms with Gasteiger partial charge in [0.25, 0.3) is 5.91 Å². The highest BCUT2D eigenvalue weighted by atomic mass is 16.1. The SMILES string of the molecule is C=c1/c(=C(\N=C(C)c2ccc(C)cc2Nc2cnccc2C#N)C(N)=O)[nH]c2ccc(N)c(C=N)c12.CCCC. The Balaban J connectivity index is 0.00000103. The maximum absolute atomic E-state index is 12.5. The first-order valence-corrected chi connectivity index (χ1v) is 12.9. The minimum atomic E-state index is -0.740. The van der Waals surface area contributed by atoms with Crippen LogP contribution in [0.15, 0.2) is 53.8 Å². The first kappa shape index (κ1) is 29.3. The Hall–Kier alpha value is -5.23. The summed E-state index contributed by atoms with van der Waals surface area (Å²) in [5.74, 6) is -0.740. The standard InChI is InChI=1S/C27H24N8O.C4H10/c1-14-4-5-18(22(10-14)34-23-13-32-9-8-17(23)11-28)16(3)33-26(27(31)36)25-15(2)24-19(12-29)20(30)6-7-21(24)35-25;1-3-4-2/h4-10,12-13,29,34-35H,2,30H2,1,3H3,(H2,31,36);3-4H2,1-2H3/b26-25+,29-12?,33-16?;. The molecule has 2 aromatic heterocycles. The molecule has 0 spiro atoms. The minimum absolute atomic E-state index is 0.00572. The highest BCUT2D eigenvalue weighted by molar-refractivity contribution is 6.17. The van der Waals surface area contributed by atoms with Crippen LogP contribution in [0.1, 0.15) is 55.9 Å². The number of nitrogens with two attached hydrogens (primary N) is 2. The Labute approximate surface area is 233 Å². The van der Waals surface area contributed by atoms with E-state index in [1.807, 2.05) is 25.1 Å². The maximum Gasteiger partial charge on any atom is 0.269 e. The van der Waals surface area contributed by atoms with E-state index < -0.39 is 5.91 Å². The number of fused-ring (bicyclic) bond motifs is 1. The molecule has 7 N–H and O–H groups in total. The zero-order chi connectivity index (χ0) is 29.4. The zero-order valence-electron chi connectivity index (χ0n) is 23.2. The van der Waals surface area contributed by atoms with E-state index in [2.05, 4.69) is 46.8 Å². The molecule has 0 saturated heterocycles. The monoisotopic (exact) mass is 534 g/mol. The van der Waals surface area contributed by atoms with Crippen molar-refractivity contribution in [1.29, 1.82) is 10.7 Å². The van der Waals surface area contributed by atoms with Gasteiger partial charge in [0.1, 0.15) is 6.07 Å². The van der Waals surface area contributed by atoms with Crippen LogP contribution in [-0.2, 0) is 4.79 Å². The molecule has 9 heteroatoms. The van der Waals surface area contributed by atoms with Crippen LogP contribution in [0.5, 0.6) is 0 Å². The van der Waals surface area contributed by atoms with Gasteiger partial charge in [-0.3, -0.25) is 9.78 Å². The van der Waals surface area contributed by atoms with Crippen LogP contribution < -0.4 is 27.4 Å². The molecule has 204 valence electrons.